The van der Waals surface area contributed by atoms with E-state index in [2.05, 4.69) is 0 Å². The molecule has 0 radical (unpaired) electrons. The Bertz CT molecular complexity index is 568. The Kier molecular flexibility index (Phi) is 4.52. The van der Waals surface area contributed by atoms with E-state index in [4.69, 9.17) is 14.6 Å². The summed E-state index contributed by atoms with van der Waals surface area (Å²) in [6, 6.07) is 4.50. The van der Waals surface area contributed by atoms with Crippen LogP contribution in [0.25, 0.3) is 0 Å². The van der Waals surface area contributed by atoms with E-state index in [-0.39, 0.29) is 24.1 Å². The monoisotopic (exact) mass is 301 g/mol. The van der Waals surface area contributed by atoms with Crippen molar-refractivity contribution >= 4 is 10.0 Å². The highest BCUT2D eigenvalue weighted by molar-refractivity contribution is 7.89. The third kappa shape index (κ3) is 2.89. The summed E-state index contributed by atoms with van der Waals surface area (Å²) in [5.41, 5.74) is 0. The first-order valence-electron chi connectivity index (χ1n) is 6.39. The molecular formula is C13H19NO5S. The van der Waals surface area contributed by atoms with Crippen molar-refractivity contribution in [1.82, 2.24) is 4.31 Å². The van der Waals surface area contributed by atoms with Crippen LogP contribution in [0.4, 0.5) is 0 Å². The molecule has 20 heavy (non-hydrogen) atoms. The molecule has 0 aromatic heterocycles. The largest absolute Gasteiger partial charge is 0.493 e. The van der Waals surface area contributed by atoms with Crippen LogP contribution in [0.15, 0.2) is 23.1 Å². The molecule has 1 saturated carbocycles. The van der Waals surface area contributed by atoms with Gasteiger partial charge in [-0.15, -0.1) is 0 Å². The highest BCUT2D eigenvalue weighted by Crippen LogP contribution is 2.35. The van der Waals surface area contributed by atoms with E-state index in [1.54, 1.807) is 6.07 Å². The molecule has 1 N–H and O–H groups in total. The Morgan fingerprint density at radius 2 is 1.90 bits per heavy atom. The summed E-state index contributed by atoms with van der Waals surface area (Å²) in [5.74, 6) is 0.847. The normalized spacial score (nSPS) is 15.4. The molecule has 0 bridgehead atoms. The van der Waals surface area contributed by atoms with Gasteiger partial charge in [-0.3, -0.25) is 0 Å². The molecule has 0 heterocycles. The molecule has 1 aliphatic carbocycles. The summed E-state index contributed by atoms with van der Waals surface area (Å²) >= 11 is 0. The summed E-state index contributed by atoms with van der Waals surface area (Å²) < 4.78 is 36.8. The smallest absolute Gasteiger partial charge is 0.243 e. The number of rotatable bonds is 7. The molecule has 1 aromatic rings. The molecule has 6 nitrogen and oxygen atoms in total. The average Bonchev–Trinajstić information content (AvgIpc) is 3.28. The predicted octanol–water partition coefficient (Wildman–Crippen LogP) is 0.849. The van der Waals surface area contributed by atoms with Crippen LogP contribution in [0.3, 0.4) is 0 Å². The quantitative estimate of drug-likeness (QED) is 0.808. The number of hydrogen-bond donors (Lipinski definition) is 1. The van der Waals surface area contributed by atoms with E-state index >= 15 is 0 Å². The van der Waals surface area contributed by atoms with Crippen molar-refractivity contribution in [2.75, 3.05) is 27.4 Å². The third-order valence-corrected chi connectivity index (χ3v) is 5.18. The zero-order valence-corrected chi connectivity index (χ0v) is 12.4. The molecular weight excluding hydrogens is 282 g/mol. The number of aliphatic hydroxyl groups excluding tert-OH is 1. The molecule has 2 rings (SSSR count). The summed E-state index contributed by atoms with van der Waals surface area (Å²) in [5, 5.41) is 9.06. The number of sulfonamides is 1. The first-order valence-corrected chi connectivity index (χ1v) is 7.83. The fourth-order valence-electron chi connectivity index (χ4n) is 2.07. The van der Waals surface area contributed by atoms with E-state index in [1.165, 1.54) is 30.7 Å². The topological polar surface area (TPSA) is 76.1 Å². The number of benzene rings is 1. The molecule has 7 heteroatoms. The maximum absolute atomic E-state index is 12.6. The number of methoxy groups -OCH3 is 2. The van der Waals surface area contributed by atoms with Crippen LogP contribution in [0.5, 0.6) is 11.5 Å². The molecule has 112 valence electrons. The van der Waals surface area contributed by atoms with E-state index in [9.17, 15) is 8.42 Å². The minimum Gasteiger partial charge on any atom is -0.493 e. The van der Waals surface area contributed by atoms with Crippen LogP contribution >= 0.6 is 0 Å². The van der Waals surface area contributed by atoms with Gasteiger partial charge in [0.25, 0.3) is 0 Å². The highest BCUT2D eigenvalue weighted by Gasteiger charge is 2.37. The van der Waals surface area contributed by atoms with Gasteiger partial charge in [-0.05, 0) is 25.0 Å². The van der Waals surface area contributed by atoms with Crippen LogP contribution in [-0.4, -0.2) is 51.2 Å². The van der Waals surface area contributed by atoms with Crippen molar-refractivity contribution in [3.63, 3.8) is 0 Å². The van der Waals surface area contributed by atoms with Crippen LogP contribution in [0.2, 0.25) is 0 Å². The summed E-state index contributed by atoms with van der Waals surface area (Å²) in [4.78, 5) is 0.149. The van der Waals surface area contributed by atoms with Crippen molar-refractivity contribution < 1.29 is 23.0 Å². The van der Waals surface area contributed by atoms with Crippen LogP contribution < -0.4 is 9.47 Å². The summed E-state index contributed by atoms with van der Waals surface area (Å²) in [6.45, 7) is -0.0790. The van der Waals surface area contributed by atoms with Crippen molar-refractivity contribution in [3.05, 3.63) is 18.2 Å². The lowest BCUT2D eigenvalue weighted by Gasteiger charge is -2.21. The molecule has 1 aliphatic rings. The van der Waals surface area contributed by atoms with Crippen molar-refractivity contribution in [3.8, 4) is 11.5 Å². The van der Waals surface area contributed by atoms with Gasteiger partial charge in [0, 0.05) is 18.7 Å². The predicted molar refractivity (Wildman–Crippen MR) is 73.5 cm³/mol. The van der Waals surface area contributed by atoms with Crippen molar-refractivity contribution in [2.24, 2.45) is 0 Å². The van der Waals surface area contributed by atoms with Gasteiger partial charge in [0.1, 0.15) is 0 Å². The van der Waals surface area contributed by atoms with E-state index in [0.29, 0.717) is 11.5 Å². The van der Waals surface area contributed by atoms with E-state index < -0.39 is 10.0 Å². The van der Waals surface area contributed by atoms with Gasteiger partial charge in [-0.1, -0.05) is 0 Å². The molecule has 1 aromatic carbocycles. The Labute approximate surface area is 119 Å². The van der Waals surface area contributed by atoms with Crippen molar-refractivity contribution in [1.29, 1.82) is 0 Å². The third-order valence-electron chi connectivity index (χ3n) is 3.24. The van der Waals surface area contributed by atoms with Gasteiger partial charge in [0.15, 0.2) is 11.5 Å². The second-order valence-electron chi connectivity index (χ2n) is 4.59. The summed E-state index contributed by atoms with van der Waals surface area (Å²) in [6.07, 6.45) is 1.68. The zero-order valence-electron chi connectivity index (χ0n) is 11.6. The maximum Gasteiger partial charge on any atom is 0.243 e. The lowest BCUT2D eigenvalue weighted by atomic mass is 10.3. The number of ether oxygens (including phenoxy) is 2. The molecule has 0 unspecified atom stereocenters. The van der Waals surface area contributed by atoms with Crippen LogP contribution in [0, 0.1) is 0 Å². The Morgan fingerprint density at radius 3 is 2.40 bits per heavy atom. The molecule has 0 saturated heterocycles. The van der Waals surface area contributed by atoms with Gasteiger partial charge in [-0.2, -0.15) is 4.31 Å². The van der Waals surface area contributed by atoms with Crippen LogP contribution in [-0.2, 0) is 10.0 Å². The fraction of sp³-hybridized carbons (Fsp3) is 0.538. The summed E-state index contributed by atoms with van der Waals surface area (Å²) in [7, 11) is -0.666. The Morgan fingerprint density at radius 1 is 1.25 bits per heavy atom. The minimum absolute atomic E-state index is 0.000228. The lowest BCUT2D eigenvalue weighted by molar-refractivity contribution is 0.250. The maximum atomic E-state index is 12.6. The first-order chi connectivity index (χ1) is 9.54. The van der Waals surface area contributed by atoms with Gasteiger partial charge in [0.2, 0.25) is 10.0 Å². The van der Waals surface area contributed by atoms with Gasteiger partial charge >= 0.3 is 0 Å². The van der Waals surface area contributed by atoms with Gasteiger partial charge in [0.05, 0.1) is 25.7 Å². The zero-order chi connectivity index (χ0) is 14.8. The minimum atomic E-state index is -3.62. The van der Waals surface area contributed by atoms with Gasteiger partial charge < -0.3 is 14.6 Å². The molecule has 1 fully saturated rings. The SMILES string of the molecule is COc1ccc(S(=O)(=O)N(CCO)C2CC2)cc1OC. The molecule has 0 aliphatic heterocycles. The first kappa shape index (κ1) is 15.1. The number of nitrogens with zero attached hydrogens (tertiary/aromatic N) is 1. The number of aliphatic hydroxyl groups is 1. The fourth-order valence-corrected chi connectivity index (χ4v) is 3.76. The lowest BCUT2D eigenvalue weighted by Crippen LogP contribution is -2.35. The Balaban J connectivity index is 2.37. The van der Waals surface area contributed by atoms with Crippen LogP contribution in [0.1, 0.15) is 12.8 Å². The second-order valence-corrected chi connectivity index (χ2v) is 6.48. The van der Waals surface area contributed by atoms with E-state index in [1.807, 2.05) is 0 Å². The van der Waals surface area contributed by atoms with Crippen molar-refractivity contribution in [2.45, 2.75) is 23.8 Å². The second kappa shape index (κ2) is 5.99. The Hall–Kier alpha value is -1.31. The van der Waals surface area contributed by atoms with Gasteiger partial charge in [-0.25, -0.2) is 8.42 Å². The molecule has 0 atom stereocenters. The number of hydrogen-bond acceptors (Lipinski definition) is 5. The molecule has 0 spiro atoms. The standard InChI is InChI=1S/C13H19NO5S/c1-18-12-6-5-11(9-13(12)19-2)20(16,17)14(7-8-15)10-3-4-10/h5-6,9-10,15H,3-4,7-8H2,1-2H3. The highest BCUT2D eigenvalue weighted by atomic mass is 32.2. The average molecular weight is 301 g/mol. The molecule has 0 amide bonds. The van der Waals surface area contributed by atoms with E-state index in [0.717, 1.165) is 12.8 Å².